The van der Waals surface area contributed by atoms with Crippen LogP contribution >= 0.6 is 34.8 Å². The molecule has 0 radical (unpaired) electrons. The molecule has 0 saturated heterocycles. The number of hydrogen-bond acceptors (Lipinski definition) is 2. The van der Waals surface area contributed by atoms with Gasteiger partial charge in [0.15, 0.2) is 5.78 Å². The molecule has 0 spiro atoms. The van der Waals surface area contributed by atoms with Crippen LogP contribution in [-0.2, 0) is 0 Å². The lowest BCUT2D eigenvalue weighted by molar-refractivity contribution is 0.101. The zero-order chi connectivity index (χ0) is 14.0. The molecule has 98 valence electrons. The third kappa shape index (κ3) is 3.41. The van der Waals surface area contributed by atoms with Gasteiger partial charge in [0.25, 0.3) is 0 Å². The standard InChI is InChI=1S/C14H9Cl3O2/c1-8(18)9-3-2-4-10(5-9)19-14-7-12(16)11(15)6-13(14)17/h2-7H,1H3. The van der Waals surface area contributed by atoms with Gasteiger partial charge in [0.05, 0.1) is 15.1 Å². The van der Waals surface area contributed by atoms with Gasteiger partial charge in [0.2, 0.25) is 0 Å². The molecular weight excluding hydrogens is 307 g/mol. The Kier molecular flexibility index (Phi) is 4.35. The van der Waals surface area contributed by atoms with Crippen molar-refractivity contribution >= 4 is 40.6 Å². The normalized spacial score (nSPS) is 10.3. The number of benzene rings is 2. The van der Waals surface area contributed by atoms with E-state index in [4.69, 9.17) is 39.5 Å². The molecule has 0 heterocycles. The minimum absolute atomic E-state index is 0.0364. The molecule has 0 aromatic heterocycles. The van der Waals surface area contributed by atoms with Crippen LogP contribution in [0.4, 0.5) is 0 Å². The Bertz CT molecular complexity index is 639. The summed E-state index contributed by atoms with van der Waals surface area (Å²) in [6, 6.07) is 9.86. The van der Waals surface area contributed by atoms with E-state index in [1.54, 1.807) is 24.3 Å². The van der Waals surface area contributed by atoms with E-state index in [0.717, 1.165) is 0 Å². The lowest BCUT2D eigenvalue weighted by atomic mass is 10.1. The second kappa shape index (κ2) is 5.83. The first-order valence-electron chi connectivity index (χ1n) is 5.41. The molecular formula is C14H9Cl3O2. The summed E-state index contributed by atoms with van der Waals surface area (Å²) in [6.07, 6.45) is 0. The van der Waals surface area contributed by atoms with Crippen LogP contribution in [0.1, 0.15) is 17.3 Å². The molecule has 5 heteroatoms. The summed E-state index contributed by atoms with van der Waals surface area (Å²) in [5.41, 5.74) is 0.564. The highest BCUT2D eigenvalue weighted by Crippen LogP contribution is 2.36. The lowest BCUT2D eigenvalue weighted by Crippen LogP contribution is -1.93. The van der Waals surface area contributed by atoms with E-state index < -0.39 is 0 Å². The number of carbonyl (C=O) groups is 1. The fourth-order valence-corrected chi connectivity index (χ4v) is 2.06. The Labute approximate surface area is 125 Å². The zero-order valence-electron chi connectivity index (χ0n) is 9.91. The summed E-state index contributed by atoms with van der Waals surface area (Å²) in [7, 11) is 0. The van der Waals surface area contributed by atoms with Gasteiger partial charge in [0.1, 0.15) is 11.5 Å². The summed E-state index contributed by atoms with van der Waals surface area (Å²) >= 11 is 17.8. The molecule has 2 rings (SSSR count). The van der Waals surface area contributed by atoms with Crippen molar-refractivity contribution in [2.75, 3.05) is 0 Å². The molecule has 0 aliphatic rings. The quantitative estimate of drug-likeness (QED) is 0.541. The summed E-state index contributed by atoms with van der Waals surface area (Å²) in [4.78, 5) is 11.3. The van der Waals surface area contributed by atoms with Crippen LogP contribution in [0.5, 0.6) is 11.5 Å². The van der Waals surface area contributed by atoms with Crippen molar-refractivity contribution in [3.8, 4) is 11.5 Å². The number of hydrogen-bond donors (Lipinski definition) is 0. The average molecular weight is 316 g/mol. The van der Waals surface area contributed by atoms with Crippen molar-refractivity contribution in [3.05, 3.63) is 57.0 Å². The predicted molar refractivity (Wildman–Crippen MR) is 78.0 cm³/mol. The van der Waals surface area contributed by atoms with E-state index >= 15 is 0 Å². The molecule has 0 N–H and O–H groups in total. The van der Waals surface area contributed by atoms with Gasteiger partial charge >= 0.3 is 0 Å². The molecule has 0 fully saturated rings. The van der Waals surface area contributed by atoms with Gasteiger partial charge in [-0.25, -0.2) is 0 Å². The molecule has 2 nitrogen and oxygen atoms in total. The van der Waals surface area contributed by atoms with Crippen LogP contribution in [0.2, 0.25) is 15.1 Å². The summed E-state index contributed by atoms with van der Waals surface area (Å²) < 4.78 is 5.61. The highest BCUT2D eigenvalue weighted by atomic mass is 35.5. The van der Waals surface area contributed by atoms with Crippen molar-refractivity contribution in [2.24, 2.45) is 0 Å². The molecule has 0 bridgehead atoms. The highest BCUT2D eigenvalue weighted by Gasteiger charge is 2.09. The molecule has 0 unspecified atom stereocenters. The number of rotatable bonds is 3. The lowest BCUT2D eigenvalue weighted by Gasteiger charge is -2.09. The Balaban J connectivity index is 2.33. The van der Waals surface area contributed by atoms with Crippen molar-refractivity contribution in [1.29, 1.82) is 0 Å². The molecule has 0 aliphatic heterocycles. The van der Waals surface area contributed by atoms with Crippen molar-refractivity contribution in [1.82, 2.24) is 0 Å². The molecule has 0 amide bonds. The maximum Gasteiger partial charge on any atom is 0.159 e. The van der Waals surface area contributed by atoms with Gasteiger partial charge in [0, 0.05) is 11.6 Å². The van der Waals surface area contributed by atoms with E-state index in [1.165, 1.54) is 19.1 Å². The third-order valence-corrected chi connectivity index (χ3v) is 3.46. The van der Waals surface area contributed by atoms with E-state index in [1.807, 2.05) is 0 Å². The van der Waals surface area contributed by atoms with E-state index in [0.29, 0.717) is 32.1 Å². The number of Topliss-reactive ketones (excluding diaryl/α,β-unsaturated/α-hetero) is 1. The maximum atomic E-state index is 11.3. The van der Waals surface area contributed by atoms with Crippen LogP contribution in [-0.4, -0.2) is 5.78 Å². The Morgan fingerprint density at radius 3 is 2.37 bits per heavy atom. The second-order valence-corrected chi connectivity index (χ2v) is 5.10. The smallest absolute Gasteiger partial charge is 0.159 e. The van der Waals surface area contributed by atoms with Gasteiger partial charge in [-0.3, -0.25) is 4.79 Å². The summed E-state index contributed by atoms with van der Waals surface area (Å²) in [6.45, 7) is 1.49. The molecule has 2 aromatic carbocycles. The molecule has 19 heavy (non-hydrogen) atoms. The molecule has 0 aliphatic carbocycles. The first-order chi connectivity index (χ1) is 8.97. The highest BCUT2D eigenvalue weighted by molar-refractivity contribution is 6.43. The van der Waals surface area contributed by atoms with E-state index in [2.05, 4.69) is 0 Å². The molecule has 2 aromatic rings. The maximum absolute atomic E-state index is 11.3. The predicted octanol–water partition coefficient (Wildman–Crippen LogP) is 5.64. The minimum atomic E-state index is -0.0364. The Morgan fingerprint density at radius 1 is 1.00 bits per heavy atom. The topological polar surface area (TPSA) is 26.3 Å². The Morgan fingerprint density at radius 2 is 1.68 bits per heavy atom. The summed E-state index contributed by atoms with van der Waals surface area (Å²) in [5, 5.41) is 1.06. The number of ketones is 1. The second-order valence-electron chi connectivity index (χ2n) is 3.88. The van der Waals surface area contributed by atoms with E-state index in [-0.39, 0.29) is 5.78 Å². The van der Waals surface area contributed by atoms with Crippen LogP contribution in [0.15, 0.2) is 36.4 Å². The fourth-order valence-electron chi connectivity index (χ4n) is 1.49. The monoisotopic (exact) mass is 314 g/mol. The first kappa shape index (κ1) is 14.2. The van der Waals surface area contributed by atoms with Crippen molar-refractivity contribution in [3.63, 3.8) is 0 Å². The van der Waals surface area contributed by atoms with Gasteiger partial charge in [-0.05, 0) is 25.1 Å². The molecule has 0 saturated carbocycles. The van der Waals surface area contributed by atoms with Gasteiger partial charge in [-0.15, -0.1) is 0 Å². The van der Waals surface area contributed by atoms with Gasteiger partial charge in [-0.1, -0.05) is 46.9 Å². The van der Waals surface area contributed by atoms with Crippen LogP contribution in [0.25, 0.3) is 0 Å². The number of ether oxygens (including phenoxy) is 1. The number of halogens is 3. The zero-order valence-corrected chi connectivity index (χ0v) is 12.2. The van der Waals surface area contributed by atoms with E-state index in [9.17, 15) is 4.79 Å². The van der Waals surface area contributed by atoms with Gasteiger partial charge < -0.3 is 4.74 Å². The first-order valence-corrected chi connectivity index (χ1v) is 6.54. The average Bonchev–Trinajstić information content (AvgIpc) is 2.36. The number of carbonyl (C=O) groups excluding carboxylic acids is 1. The van der Waals surface area contributed by atoms with Crippen LogP contribution in [0.3, 0.4) is 0 Å². The van der Waals surface area contributed by atoms with Crippen molar-refractivity contribution < 1.29 is 9.53 Å². The molecule has 0 atom stereocenters. The van der Waals surface area contributed by atoms with Crippen LogP contribution < -0.4 is 4.74 Å². The van der Waals surface area contributed by atoms with Gasteiger partial charge in [-0.2, -0.15) is 0 Å². The summed E-state index contributed by atoms with van der Waals surface area (Å²) in [5.74, 6) is 0.857. The SMILES string of the molecule is CC(=O)c1cccc(Oc2cc(Cl)c(Cl)cc2Cl)c1. The van der Waals surface area contributed by atoms with Crippen molar-refractivity contribution in [2.45, 2.75) is 6.92 Å². The largest absolute Gasteiger partial charge is 0.456 e. The van der Waals surface area contributed by atoms with Crippen LogP contribution in [0, 0.1) is 0 Å². The Hall–Kier alpha value is -1.22. The third-order valence-electron chi connectivity index (χ3n) is 2.44. The fraction of sp³-hybridized carbons (Fsp3) is 0.0714. The minimum Gasteiger partial charge on any atom is -0.456 e.